The van der Waals surface area contributed by atoms with Crippen LogP contribution in [0.1, 0.15) is 18.0 Å². The summed E-state index contributed by atoms with van der Waals surface area (Å²) in [4.78, 5) is 12.4. The second kappa shape index (κ2) is 9.07. The Bertz CT molecular complexity index is 900. The lowest BCUT2D eigenvalue weighted by Gasteiger charge is -2.18. The van der Waals surface area contributed by atoms with Crippen molar-refractivity contribution in [1.82, 2.24) is 4.72 Å². The molecule has 0 heterocycles. The van der Waals surface area contributed by atoms with E-state index >= 15 is 0 Å². The van der Waals surface area contributed by atoms with Crippen molar-refractivity contribution in [2.45, 2.75) is 12.5 Å². The maximum Gasteiger partial charge on any atom is 0.226 e. The van der Waals surface area contributed by atoms with E-state index in [9.17, 15) is 13.2 Å². The summed E-state index contributed by atoms with van der Waals surface area (Å²) >= 11 is 6.05. The Labute approximate surface area is 163 Å². The van der Waals surface area contributed by atoms with E-state index in [2.05, 4.69) is 10.0 Å². The number of rotatable bonds is 8. The highest BCUT2D eigenvalue weighted by Gasteiger charge is 2.20. The molecule has 0 fully saturated rings. The molecule has 2 aromatic rings. The average Bonchev–Trinajstić information content (AvgIpc) is 2.60. The number of benzene rings is 2. The first-order valence-corrected chi connectivity index (χ1v) is 10.2. The van der Waals surface area contributed by atoms with Gasteiger partial charge in [0.1, 0.15) is 11.5 Å². The summed E-state index contributed by atoms with van der Waals surface area (Å²) in [5, 5.41) is 3.06. The smallest absolute Gasteiger partial charge is 0.226 e. The molecule has 0 aliphatic rings. The molecule has 9 heteroatoms. The SMILES string of the molecule is COc1ccc([C@H](CC(=O)Nc2ccc(OC)c(Cl)c2)NS(C)(=O)=O)cc1. The molecular formula is C18H21ClN2O5S. The van der Waals surface area contributed by atoms with Gasteiger partial charge in [0, 0.05) is 12.1 Å². The van der Waals surface area contributed by atoms with Gasteiger partial charge in [0.2, 0.25) is 15.9 Å². The van der Waals surface area contributed by atoms with E-state index in [1.54, 1.807) is 42.5 Å². The molecule has 0 spiro atoms. The third-order valence-electron chi connectivity index (χ3n) is 3.70. The lowest BCUT2D eigenvalue weighted by Crippen LogP contribution is -2.30. The van der Waals surface area contributed by atoms with Gasteiger partial charge in [-0.25, -0.2) is 13.1 Å². The van der Waals surface area contributed by atoms with Gasteiger partial charge in [0.25, 0.3) is 0 Å². The zero-order valence-electron chi connectivity index (χ0n) is 15.2. The summed E-state index contributed by atoms with van der Waals surface area (Å²) in [5.74, 6) is 0.756. The second-order valence-corrected chi connectivity index (χ2v) is 8.00. The van der Waals surface area contributed by atoms with E-state index in [1.807, 2.05) is 0 Å². The van der Waals surface area contributed by atoms with Crippen molar-refractivity contribution in [1.29, 1.82) is 0 Å². The van der Waals surface area contributed by atoms with Crippen LogP contribution in [0.2, 0.25) is 5.02 Å². The third kappa shape index (κ3) is 6.42. The number of ether oxygens (including phenoxy) is 2. The minimum absolute atomic E-state index is 0.0942. The van der Waals surface area contributed by atoms with Crippen LogP contribution in [0.3, 0.4) is 0 Å². The standard InChI is InChI=1S/C18H21ClN2O5S/c1-25-14-7-4-12(5-8-14)16(21-27(3,23)24)11-18(22)20-13-6-9-17(26-2)15(19)10-13/h4-10,16,21H,11H2,1-3H3,(H,20,22)/t16-/m0/s1. The molecule has 1 atom stereocenters. The third-order valence-corrected chi connectivity index (χ3v) is 4.71. The van der Waals surface area contributed by atoms with Crippen LogP contribution in [-0.4, -0.2) is 34.8 Å². The Hall–Kier alpha value is -2.29. The van der Waals surface area contributed by atoms with Crippen LogP contribution in [0.4, 0.5) is 5.69 Å². The first kappa shape index (κ1) is 21.0. The first-order chi connectivity index (χ1) is 12.7. The van der Waals surface area contributed by atoms with Crippen LogP contribution in [0.15, 0.2) is 42.5 Å². The van der Waals surface area contributed by atoms with Gasteiger partial charge in [0.05, 0.1) is 31.5 Å². The van der Waals surface area contributed by atoms with Gasteiger partial charge in [-0.15, -0.1) is 0 Å². The molecule has 0 saturated heterocycles. The molecule has 0 bridgehead atoms. The van der Waals surface area contributed by atoms with Gasteiger partial charge in [-0.2, -0.15) is 0 Å². The van der Waals surface area contributed by atoms with E-state index in [4.69, 9.17) is 21.1 Å². The molecule has 0 saturated carbocycles. The molecule has 0 aromatic heterocycles. The molecule has 7 nitrogen and oxygen atoms in total. The van der Waals surface area contributed by atoms with E-state index in [0.29, 0.717) is 27.8 Å². The van der Waals surface area contributed by atoms with Crippen molar-refractivity contribution in [2.24, 2.45) is 0 Å². The van der Waals surface area contributed by atoms with Crippen molar-refractivity contribution in [3.8, 4) is 11.5 Å². The van der Waals surface area contributed by atoms with Crippen LogP contribution in [-0.2, 0) is 14.8 Å². The number of nitrogens with one attached hydrogen (secondary N) is 2. The first-order valence-electron chi connectivity index (χ1n) is 7.96. The summed E-state index contributed by atoms with van der Waals surface area (Å²) in [6, 6.07) is 10.9. The zero-order valence-corrected chi connectivity index (χ0v) is 16.7. The number of amides is 1. The number of carbonyl (C=O) groups is 1. The van der Waals surface area contributed by atoms with E-state index in [-0.39, 0.29) is 12.3 Å². The predicted molar refractivity (Wildman–Crippen MR) is 105 cm³/mol. The highest BCUT2D eigenvalue weighted by Crippen LogP contribution is 2.28. The van der Waals surface area contributed by atoms with Crippen molar-refractivity contribution in [3.63, 3.8) is 0 Å². The number of sulfonamides is 1. The van der Waals surface area contributed by atoms with Crippen molar-refractivity contribution < 1.29 is 22.7 Å². The molecule has 1 amide bonds. The minimum atomic E-state index is -3.52. The zero-order chi connectivity index (χ0) is 20.0. The summed E-state index contributed by atoms with van der Waals surface area (Å²) in [5.41, 5.74) is 1.13. The number of methoxy groups -OCH3 is 2. The van der Waals surface area contributed by atoms with Gasteiger partial charge in [-0.1, -0.05) is 23.7 Å². The normalized spacial score (nSPS) is 12.3. The number of anilines is 1. The molecule has 27 heavy (non-hydrogen) atoms. The fraction of sp³-hybridized carbons (Fsp3) is 0.278. The Morgan fingerprint density at radius 1 is 1.11 bits per heavy atom. The van der Waals surface area contributed by atoms with Crippen molar-refractivity contribution in [3.05, 3.63) is 53.1 Å². The Balaban J connectivity index is 2.15. The highest BCUT2D eigenvalue weighted by atomic mass is 35.5. The Morgan fingerprint density at radius 3 is 2.30 bits per heavy atom. The fourth-order valence-electron chi connectivity index (χ4n) is 2.46. The molecule has 2 N–H and O–H groups in total. The molecule has 2 rings (SSSR count). The van der Waals surface area contributed by atoms with E-state index in [1.165, 1.54) is 14.2 Å². The molecule has 2 aromatic carbocycles. The maximum atomic E-state index is 12.4. The molecule has 0 radical (unpaired) electrons. The lowest BCUT2D eigenvalue weighted by atomic mass is 10.0. The van der Waals surface area contributed by atoms with Gasteiger partial charge < -0.3 is 14.8 Å². The maximum absolute atomic E-state index is 12.4. The monoisotopic (exact) mass is 412 g/mol. The Kier molecular flexibility index (Phi) is 7.06. The van der Waals surface area contributed by atoms with Gasteiger partial charge in [0.15, 0.2) is 0 Å². The largest absolute Gasteiger partial charge is 0.497 e. The van der Waals surface area contributed by atoms with Crippen LogP contribution in [0.5, 0.6) is 11.5 Å². The fourth-order valence-corrected chi connectivity index (χ4v) is 3.46. The highest BCUT2D eigenvalue weighted by molar-refractivity contribution is 7.88. The lowest BCUT2D eigenvalue weighted by molar-refractivity contribution is -0.116. The van der Waals surface area contributed by atoms with E-state index < -0.39 is 16.1 Å². The molecule has 0 unspecified atom stereocenters. The minimum Gasteiger partial charge on any atom is -0.497 e. The van der Waals surface area contributed by atoms with Crippen molar-refractivity contribution >= 4 is 33.2 Å². The number of halogens is 1. The van der Waals surface area contributed by atoms with E-state index in [0.717, 1.165) is 6.26 Å². The predicted octanol–water partition coefficient (Wildman–Crippen LogP) is 2.98. The Morgan fingerprint density at radius 2 is 1.78 bits per heavy atom. The number of carbonyl (C=O) groups excluding carboxylic acids is 1. The second-order valence-electron chi connectivity index (χ2n) is 5.82. The van der Waals surface area contributed by atoms with Gasteiger partial charge >= 0.3 is 0 Å². The van der Waals surface area contributed by atoms with Gasteiger partial charge in [-0.3, -0.25) is 4.79 Å². The topological polar surface area (TPSA) is 93.7 Å². The van der Waals surface area contributed by atoms with Crippen molar-refractivity contribution in [2.75, 3.05) is 25.8 Å². The molecule has 146 valence electrons. The summed E-state index contributed by atoms with van der Waals surface area (Å²) in [7, 11) is -0.488. The number of hydrogen-bond donors (Lipinski definition) is 2. The quantitative estimate of drug-likeness (QED) is 0.695. The van der Waals surface area contributed by atoms with Crippen LogP contribution in [0, 0.1) is 0 Å². The summed E-state index contributed by atoms with van der Waals surface area (Å²) in [6.45, 7) is 0. The molecular weight excluding hydrogens is 392 g/mol. The molecule has 0 aliphatic carbocycles. The van der Waals surface area contributed by atoms with Gasteiger partial charge in [-0.05, 0) is 35.9 Å². The summed E-state index contributed by atoms with van der Waals surface area (Å²) < 4.78 is 36.0. The molecule has 0 aliphatic heterocycles. The van der Waals surface area contributed by atoms with Crippen LogP contribution in [0.25, 0.3) is 0 Å². The van der Waals surface area contributed by atoms with Crippen LogP contribution < -0.4 is 19.5 Å². The number of hydrogen-bond acceptors (Lipinski definition) is 5. The summed E-state index contributed by atoms with van der Waals surface area (Å²) in [6.07, 6.45) is 0.952. The average molecular weight is 413 g/mol. The van der Waals surface area contributed by atoms with Crippen LogP contribution >= 0.6 is 11.6 Å².